The third kappa shape index (κ3) is 2.96. The minimum atomic E-state index is -0.0495. The van der Waals surface area contributed by atoms with Gasteiger partial charge < -0.3 is 10.3 Å². The molecule has 0 aliphatic heterocycles. The third-order valence-corrected chi connectivity index (χ3v) is 3.47. The first-order valence-corrected chi connectivity index (χ1v) is 7.33. The van der Waals surface area contributed by atoms with Crippen molar-refractivity contribution in [2.45, 2.75) is 19.9 Å². The molecule has 3 heterocycles. The Balaban J connectivity index is 2.22. The van der Waals surface area contributed by atoms with Crippen molar-refractivity contribution in [1.29, 1.82) is 0 Å². The number of nitrogens with two attached hydrogens (primary N) is 1. The van der Waals surface area contributed by atoms with Crippen molar-refractivity contribution in [3.05, 3.63) is 59.3 Å². The highest BCUT2D eigenvalue weighted by atomic mass is 16.1. The molecule has 0 saturated carbocycles. The lowest BCUT2D eigenvalue weighted by Gasteiger charge is -2.13. The Morgan fingerprint density at radius 3 is 2.61 bits per heavy atom. The van der Waals surface area contributed by atoms with Crippen LogP contribution in [0.15, 0.2) is 53.7 Å². The monoisotopic (exact) mass is 307 g/mol. The summed E-state index contributed by atoms with van der Waals surface area (Å²) >= 11 is 0. The fourth-order valence-corrected chi connectivity index (χ4v) is 2.34. The van der Waals surface area contributed by atoms with Crippen LogP contribution in [0.25, 0.3) is 22.6 Å². The van der Waals surface area contributed by atoms with Crippen LogP contribution in [0.4, 0.5) is 5.82 Å². The largest absolute Gasteiger partial charge is 0.382 e. The SMILES string of the molecule is CC(C)n1cc(-c2ncc(N)nc2-c2ccccn2)ccc1=O. The summed E-state index contributed by atoms with van der Waals surface area (Å²) in [7, 11) is 0. The predicted molar refractivity (Wildman–Crippen MR) is 89.8 cm³/mol. The molecule has 6 heteroatoms. The van der Waals surface area contributed by atoms with Gasteiger partial charge in [0.2, 0.25) is 0 Å². The lowest BCUT2D eigenvalue weighted by molar-refractivity contribution is 0.579. The summed E-state index contributed by atoms with van der Waals surface area (Å²) in [6.45, 7) is 3.92. The van der Waals surface area contributed by atoms with Gasteiger partial charge in [-0.2, -0.15) is 0 Å². The van der Waals surface area contributed by atoms with Gasteiger partial charge in [-0.3, -0.25) is 9.78 Å². The van der Waals surface area contributed by atoms with Crippen LogP contribution in [0, 0.1) is 0 Å². The standard InChI is InChI=1S/C17H17N5O/c1-11(2)22-10-12(6-7-15(22)23)16-17(21-14(18)9-20-16)13-5-3-4-8-19-13/h3-11H,1-2H3,(H2,18,21). The van der Waals surface area contributed by atoms with E-state index in [4.69, 9.17) is 5.73 Å². The summed E-state index contributed by atoms with van der Waals surface area (Å²) in [5, 5.41) is 0. The molecule has 0 unspecified atom stereocenters. The molecule has 0 fully saturated rings. The van der Waals surface area contributed by atoms with Crippen LogP contribution in [-0.2, 0) is 0 Å². The average molecular weight is 307 g/mol. The van der Waals surface area contributed by atoms with E-state index >= 15 is 0 Å². The third-order valence-electron chi connectivity index (χ3n) is 3.47. The lowest BCUT2D eigenvalue weighted by Crippen LogP contribution is -2.20. The van der Waals surface area contributed by atoms with E-state index in [0.717, 1.165) is 5.56 Å². The second-order valence-electron chi connectivity index (χ2n) is 5.46. The number of aromatic nitrogens is 4. The van der Waals surface area contributed by atoms with Gasteiger partial charge in [-0.1, -0.05) is 6.07 Å². The molecule has 0 aliphatic rings. The number of rotatable bonds is 3. The number of nitrogen functional groups attached to an aromatic ring is 1. The van der Waals surface area contributed by atoms with Gasteiger partial charge in [0.1, 0.15) is 11.5 Å². The second kappa shape index (κ2) is 6.00. The zero-order valence-electron chi connectivity index (χ0n) is 13.0. The zero-order valence-corrected chi connectivity index (χ0v) is 13.0. The Hall–Kier alpha value is -3.02. The first-order valence-electron chi connectivity index (χ1n) is 7.33. The quantitative estimate of drug-likeness (QED) is 0.803. The summed E-state index contributed by atoms with van der Waals surface area (Å²) in [4.78, 5) is 25.1. The van der Waals surface area contributed by atoms with Crippen molar-refractivity contribution >= 4 is 5.82 Å². The molecule has 116 valence electrons. The molecule has 0 spiro atoms. The summed E-state index contributed by atoms with van der Waals surface area (Å²) in [5.74, 6) is 0.326. The minimum Gasteiger partial charge on any atom is -0.382 e. The van der Waals surface area contributed by atoms with Crippen LogP contribution < -0.4 is 11.3 Å². The molecular weight excluding hydrogens is 290 g/mol. The smallest absolute Gasteiger partial charge is 0.250 e. The van der Waals surface area contributed by atoms with Gasteiger partial charge in [-0.25, -0.2) is 9.97 Å². The van der Waals surface area contributed by atoms with Crippen LogP contribution in [0.2, 0.25) is 0 Å². The number of nitrogens with zero attached hydrogens (tertiary/aromatic N) is 4. The Labute approximate surface area is 133 Å². The Morgan fingerprint density at radius 2 is 1.91 bits per heavy atom. The van der Waals surface area contributed by atoms with Gasteiger partial charge in [-0.05, 0) is 32.0 Å². The van der Waals surface area contributed by atoms with E-state index in [-0.39, 0.29) is 11.6 Å². The van der Waals surface area contributed by atoms with E-state index in [9.17, 15) is 4.79 Å². The van der Waals surface area contributed by atoms with Crippen molar-refractivity contribution < 1.29 is 0 Å². The van der Waals surface area contributed by atoms with Crippen molar-refractivity contribution in [3.8, 4) is 22.6 Å². The van der Waals surface area contributed by atoms with Crippen LogP contribution in [-0.4, -0.2) is 19.5 Å². The van der Waals surface area contributed by atoms with Crippen LogP contribution in [0.5, 0.6) is 0 Å². The zero-order chi connectivity index (χ0) is 16.4. The highest BCUT2D eigenvalue weighted by Gasteiger charge is 2.14. The molecular formula is C17H17N5O. The molecule has 0 aliphatic carbocycles. The maximum Gasteiger partial charge on any atom is 0.250 e. The van der Waals surface area contributed by atoms with Crippen LogP contribution in [0.3, 0.4) is 0 Å². The Bertz CT molecular complexity index is 887. The van der Waals surface area contributed by atoms with Gasteiger partial charge in [0.25, 0.3) is 5.56 Å². The molecule has 0 bridgehead atoms. The summed E-state index contributed by atoms with van der Waals surface area (Å²) in [6, 6.07) is 8.91. The van der Waals surface area contributed by atoms with Gasteiger partial charge in [0.15, 0.2) is 0 Å². The van der Waals surface area contributed by atoms with Gasteiger partial charge in [0.05, 0.1) is 17.6 Å². The topological polar surface area (TPSA) is 86.7 Å². The first kappa shape index (κ1) is 14.9. The predicted octanol–water partition coefficient (Wildman–Crippen LogP) is 2.53. The van der Waals surface area contributed by atoms with Gasteiger partial charge in [0, 0.05) is 30.1 Å². The molecule has 0 saturated heterocycles. The van der Waals surface area contributed by atoms with E-state index in [1.807, 2.05) is 32.0 Å². The lowest BCUT2D eigenvalue weighted by atomic mass is 10.1. The fourth-order valence-electron chi connectivity index (χ4n) is 2.34. The first-order chi connectivity index (χ1) is 11.1. The fraction of sp³-hybridized carbons (Fsp3) is 0.176. The number of pyridine rings is 2. The van der Waals surface area contributed by atoms with E-state index in [1.165, 1.54) is 12.3 Å². The molecule has 0 radical (unpaired) electrons. The highest BCUT2D eigenvalue weighted by Crippen LogP contribution is 2.27. The number of hydrogen-bond donors (Lipinski definition) is 1. The molecule has 3 aromatic heterocycles. The molecule has 0 amide bonds. The molecule has 2 N–H and O–H groups in total. The average Bonchev–Trinajstić information content (AvgIpc) is 2.56. The van der Waals surface area contributed by atoms with Crippen molar-refractivity contribution in [1.82, 2.24) is 19.5 Å². The maximum atomic E-state index is 11.9. The van der Waals surface area contributed by atoms with Gasteiger partial charge >= 0.3 is 0 Å². The van der Waals surface area contributed by atoms with Crippen molar-refractivity contribution in [2.75, 3.05) is 5.73 Å². The highest BCUT2D eigenvalue weighted by molar-refractivity contribution is 5.76. The molecule has 23 heavy (non-hydrogen) atoms. The van der Waals surface area contributed by atoms with E-state index in [1.54, 1.807) is 23.0 Å². The number of hydrogen-bond acceptors (Lipinski definition) is 5. The van der Waals surface area contributed by atoms with Crippen LogP contribution >= 0.6 is 0 Å². The normalized spacial score (nSPS) is 10.9. The molecule has 0 aromatic carbocycles. The Kier molecular flexibility index (Phi) is 3.89. The maximum absolute atomic E-state index is 11.9. The van der Waals surface area contributed by atoms with Crippen molar-refractivity contribution in [2.24, 2.45) is 0 Å². The van der Waals surface area contributed by atoms with E-state index in [0.29, 0.717) is 22.9 Å². The minimum absolute atomic E-state index is 0.0495. The molecule has 0 atom stereocenters. The van der Waals surface area contributed by atoms with Crippen LogP contribution in [0.1, 0.15) is 19.9 Å². The second-order valence-corrected chi connectivity index (χ2v) is 5.46. The molecule has 3 aromatic rings. The summed E-state index contributed by atoms with van der Waals surface area (Å²) in [6.07, 6.45) is 4.99. The van der Waals surface area contributed by atoms with E-state index < -0.39 is 0 Å². The Morgan fingerprint density at radius 1 is 1.09 bits per heavy atom. The van der Waals surface area contributed by atoms with E-state index in [2.05, 4.69) is 15.0 Å². The number of anilines is 1. The molecule has 6 nitrogen and oxygen atoms in total. The van der Waals surface area contributed by atoms with Crippen molar-refractivity contribution in [3.63, 3.8) is 0 Å². The molecule has 3 rings (SSSR count). The summed E-state index contributed by atoms with van der Waals surface area (Å²) in [5.41, 5.74) is 8.46. The van der Waals surface area contributed by atoms with Gasteiger partial charge in [-0.15, -0.1) is 0 Å². The summed E-state index contributed by atoms with van der Waals surface area (Å²) < 4.78 is 1.66.